The summed E-state index contributed by atoms with van der Waals surface area (Å²) >= 11 is 0. The van der Waals surface area contributed by atoms with Crippen LogP contribution in [0.3, 0.4) is 0 Å². The highest BCUT2D eigenvalue weighted by molar-refractivity contribution is 5.91. The molecule has 168 valence electrons. The van der Waals surface area contributed by atoms with E-state index in [2.05, 4.69) is 25.6 Å². The molecule has 0 spiro atoms. The van der Waals surface area contributed by atoms with Crippen molar-refractivity contribution in [2.24, 2.45) is 7.05 Å². The van der Waals surface area contributed by atoms with Crippen LogP contribution >= 0.6 is 0 Å². The van der Waals surface area contributed by atoms with Gasteiger partial charge in [0.1, 0.15) is 5.82 Å². The van der Waals surface area contributed by atoms with Crippen LogP contribution < -0.4 is 10.6 Å². The highest BCUT2D eigenvalue weighted by atomic mass is 19.4. The Bertz CT molecular complexity index is 1250. The van der Waals surface area contributed by atoms with Crippen molar-refractivity contribution in [1.29, 1.82) is 0 Å². The number of hydrogen-bond acceptors (Lipinski definition) is 5. The van der Waals surface area contributed by atoms with Crippen LogP contribution in [0.1, 0.15) is 11.1 Å². The number of carbonyl (C=O) groups is 1. The quantitative estimate of drug-likeness (QED) is 0.438. The third-order valence-electron chi connectivity index (χ3n) is 4.75. The van der Waals surface area contributed by atoms with Crippen LogP contribution in [-0.4, -0.2) is 25.4 Å². The van der Waals surface area contributed by atoms with Gasteiger partial charge in [-0.05, 0) is 29.3 Å². The predicted octanol–water partition coefficient (Wildman–Crippen LogP) is 4.82. The topological polar surface area (TPSA) is 84.7 Å². The van der Waals surface area contributed by atoms with E-state index in [1.165, 1.54) is 0 Å². The van der Waals surface area contributed by atoms with Gasteiger partial charge in [-0.2, -0.15) is 13.2 Å². The molecular formula is C23H19F3N6O. The van der Waals surface area contributed by atoms with E-state index in [9.17, 15) is 18.0 Å². The molecule has 0 aliphatic heterocycles. The number of rotatable bonds is 6. The minimum atomic E-state index is -4.50. The Balaban J connectivity index is 1.36. The third kappa shape index (κ3) is 5.73. The molecule has 2 N–H and O–H groups in total. The number of hydrogen-bond donors (Lipinski definition) is 2. The van der Waals surface area contributed by atoms with E-state index >= 15 is 0 Å². The lowest BCUT2D eigenvalue weighted by atomic mass is 10.1. The SMILES string of the molecule is Cn1ccc(Nc2ncc(-c3ccc(CC(=O)Nc4cc(C(F)(F)F)ccn4)cc3)cn2)c1. The first-order valence-corrected chi connectivity index (χ1v) is 9.90. The number of carbonyl (C=O) groups excluding carboxylic acids is 1. The molecule has 4 rings (SSSR count). The van der Waals surface area contributed by atoms with E-state index in [4.69, 9.17) is 0 Å². The average molecular weight is 452 g/mol. The summed E-state index contributed by atoms with van der Waals surface area (Å²) < 4.78 is 40.3. The number of alkyl halides is 3. The Hall–Kier alpha value is -4.21. The van der Waals surface area contributed by atoms with Gasteiger partial charge < -0.3 is 15.2 Å². The normalized spacial score (nSPS) is 11.3. The third-order valence-corrected chi connectivity index (χ3v) is 4.75. The summed E-state index contributed by atoms with van der Waals surface area (Å²) in [7, 11) is 1.92. The first kappa shape index (κ1) is 22.0. The molecule has 10 heteroatoms. The highest BCUT2D eigenvalue weighted by Gasteiger charge is 2.30. The van der Waals surface area contributed by atoms with Crippen LogP contribution in [0.5, 0.6) is 0 Å². The Morgan fingerprint density at radius 3 is 2.36 bits per heavy atom. The van der Waals surface area contributed by atoms with Gasteiger partial charge in [-0.3, -0.25) is 4.79 Å². The Kier molecular flexibility index (Phi) is 6.07. The fraction of sp³-hybridized carbons (Fsp3) is 0.130. The van der Waals surface area contributed by atoms with Crippen molar-refractivity contribution in [3.8, 4) is 11.1 Å². The van der Waals surface area contributed by atoms with E-state index in [-0.39, 0.29) is 12.2 Å². The predicted molar refractivity (Wildman–Crippen MR) is 118 cm³/mol. The zero-order chi connectivity index (χ0) is 23.4. The van der Waals surface area contributed by atoms with Crippen LogP contribution in [0.4, 0.5) is 30.6 Å². The molecule has 0 fully saturated rings. The fourth-order valence-corrected chi connectivity index (χ4v) is 3.11. The maximum atomic E-state index is 12.8. The van der Waals surface area contributed by atoms with Gasteiger partial charge in [0.25, 0.3) is 0 Å². The number of nitrogens with one attached hydrogen (secondary N) is 2. The van der Waals surface area contributed by atoms with Crippen LogP contribution in [0, 0.1) is 0 Å². The lowest BCUT2D eigenvalue weighted by Gasteiger charge is -2.09. The first-order chi connectivity index (χ1) is 15.8. The molecule has 7 nitrogen and oxygen atoms in total. The molecule has 33 heavy (non-hydrogen) atoms. The lowest BCUT2D eigenvalue weighted by Crippen LogP contribution is -2.16. The van der Waals surface area contributed by atoms with Crippen LogP contribution in [0.15, 0.2) is 73.4 Å². The Morgan fingerprint density at radius 1 is 1.00 bits per heavy atom. The first-order valence-electron chi connectivity index (χ1n) is 9.90. The summed E-state index contributed by atoms with van der Waals surface area (Å²) in [5, 5.41) is 5.51. The largest absolute Gasteiger partial charge is 0.416 e. The van der Waals surface area contributed by atoms with Crippen molar-refractivity contribution in [2.75, 3.05) is 10.6 Å². The molecule has 0 aliphatic rings. The molecule has 1 aromatic carbocycles. The Morgan fingerprint density at radius 2 is 1.73 bits per heavy atom. The Labute approximate surface area is 187 Å². The molecule has 0 saturated heterocycles. The van der Waals surface area contributed by atoms with Crippen molar-refractivity contribution in [1.82, 2.24) is 19.5 Å². The zero-order valence-corrected chi connectivity index (χ0v) is 17.5. The number of aromatic nitrogens is 4. The van der Waals surface area contributed by atoms with E-state index in [1.807, 2.05) is 42.2 Å². The van der Waals surface area contributed by atoms with Crippen molar-refractivity contribution >= 4 is 23.4 Å². The second-order valence-electron chi connectivity index (χ2n) is 7.34. The molecule has 0 bridgehead atoms. The standard InChI is InChI=1S/C23H19F3N6O/c1-32-9-7-19(14-32)30-22-28-12-17(13-29-22)16-4-2-15(3-5-16)10-21(33)31-20-11-18(6-8-27-20)23(24,25)26/h2-9,11-14H,10H2,1H3,(H,27,31,33)(H,28,29,30). The molecule has 0 saturated carbocycles. The second-order valence-corrected chi connectivity index (χ2v) is 7.34. The number of nitrogens with zero attached hydrogens (tertiary/aromatic N) is 4. The average Bonchev–Trinajstić information content (AvgIpc) is 3.19. The molecule has 3 heterocycles. The molecule has 4 aromatic rings. The molecular weight excluding hydrogens is 433 g/mol. The summed E-state index contributed by atoms with van der Waals surface area (Å²) in [5.41, 5.74) is 2.38. The van der Waals surface area contributed by atoms with Gasteiger partial charge in [0.05, 0.1) is 17.7 Å². The zero-order valence-electron chi connectivity index (χ0n) is 17.5. The van der Waals surface area contributed by atoms with Crippen molar-refractivity contribution in [2.45, 2.75) is 12.6 Å². The summed E-state index contributed by atoms with van der Waals surface area (Å²) in [6.45, 7) is 0. The van der Waals surface area contributed by atoms with E-state index in [1.54, 1.807) is 24.5 Å². The summed E-state index contributed by atoms with van der Waals surface area (Å²) in [6.07, 6.45) is 3.71. The monoisotopic (exact) mass is 452 g/mol. The van der Waals surface area contributed by atoms with E-state index in [0.29, 0.717) is 11.5 Å². The van der Waals surface area contributed by atoms with Gasteiger partial charge in [-0.1, -0.05) is 24.3 Å². The summed E-state index contributed by atoms with van der Waals surface area (Å²) in [6, 6.07) is 10.8. The van der Waals surface area contributed by atoms with Gasteiger partial charge in [-0.25, -0.2) is 15.0 Å². The smallest absolute Gasteiger partial charge is 0.355 e. The fourth-order valence-electron chi connectivity index (χ4n) is 3.11. The van der Waals surface area contributed by atoms with Gasteiger partial charge >= 0.3 is 6.18 Å². The summed E-state index contributed by atoms with van der Waals surface area (Å²) in [5.74, 6) is -0.136. The van der Waals surface area contributed by atoms with Crippen molar-refractivity contribution < 1.29 is 18.0 Å². The van der Waals surface area contributed by atoms with Crippen molar-refractivity contribution in [3.63, 3.8) is 0 Å². The molecule has 0 atom stereocenters. The van der Waals surface area contributed by atoms with Gasteiger partial charge in [0.15, 0.2) is 0 Å². The van der Waals surface area contributed by atoms with Crippen LogP contribution in [-0.2, 0) is 24.4 Å². The number of benzene rings is 1. The highest BCUT2D eigenvalue weighted by Crippen LogP contribution is 2.30. The molecule has 0 aliphatic carbocycles. The maximum Gasteiger partial charge on any atom is 0.416 e. The van der Waals surface area contributed by atoms with Crippen LogP contribution in [0.2, 0.25) is 0 Å². The minimum absolute atomic E-state index is 0.00532. The molecule has 0 radical (unpaired) electrons. The molecule has 1 amide bonds. The number of aryl methyl sites for hydroxylation is 1. The van der Waals surface area contributed by atoms with Crippen LogP contribution in [0.25, 0.3) is 11.1 Å². The summed E-state index contributed by atoms with van der Waals surface area (Å²) in [4.78, 5) is 24.6. The number of halogens is 3. The molecule has 3 aromatic heterocycles. The van der Waals surface area contributed by atoms with Gasteiger partial charge in [0.2, 0.25) is 11.9 Å². The maximum absolute atomic E-state index is 12.8. The molecule has 0 unspecified atom stereocenters. The minimum Gasteiger partial charge on any atom is -0.355 e. The van der Waals surface area contributed by atoms with E-state index < -0.39 is 17.6 Å². The second kappa shape index (κ2) is 9.11. The lowest BCUT2D eigenvalue weighted by molar-refractivity contribution is -0.137. The number of pyridine rings is 1. The van der Waals surface area contributed by atoms with Gasteiger partial charge in [-0.15, -0.1) is 0 Å². The van der Waals surface area contributed by atoms with Gasteiger partial charge in [0, 0.05) is 43.6 Å². The number of amides is 1. The number of anilines is 3. The van der Waals surface area contributed by atoms with E-state index in [0.717, 1.165) is 35.1 Å². The van der Waals surface area contributed by atoms with Crippen molar-refractivity contribution in [3.05, 3.63) is 84.6 Å².